The second-order valence-electron chi connectivity index (χ2n) is 9.24. The molecule has 3 aliphatic heterocycles. The van der Waals surface area contributed by atoms with E-state index >= 15 is 0 Å². The summed E-state index contributed by atoms with van der Waals surface area (Å²) >= 11 is 0. The van der Waals surface area contributed by atoms with E-state index in [0.29, 0.717) is 18.9 Å². The number of rotatable bonds is 6. The van der Waals surface area contributed by atoms with Crippen molar-refractivity contribution in [3.8, 4) is 0 Å². The number of hydrogen-bond donors (Lipinski definition) is 0. The first-order valence-corrected chi connectivity index (χ1v) is 11.4. The van der Waals surface area contributed by atoms with E-state index in [-0.39, 0.29) is 16.7 Å². The Bertz CT molecular complexity index is 760. The average Bonchev–Trinajstić information content (AvgIpc) is 3.25. The predicted molar refractivity (Wildman–Crippen MR) is 116 cm³/mol. The van der Waals surface area contributed by atoms with Crippen molar-refractivity contribution in [3.05, 3.63) is 35.9 Å². The lowest BCUT2D eigenvalue weighted by Gasteiger charge is -2.47. The molecule has 3 heterocycles. The standard InChI is InChI=1S/C24H35N3O3/c1-3-26-14-11-24(22(26)29)19-25(15-16-30-2)18-23(24)9-12-27(13-10-23)21(28)17-20-7-5-4-6-8-20/h4-8H,3,9-19H2,1-2H3. The number of hydrogen-bond acceptors (Lipinski definition) is 4. The highest BCUT2D eigenvalue weighted by Crippen LogP contribution is 2.57. The molecule has 6 heteroatoms. The van der Waals surface area contributed by atoms with Gasteiger partial charge < -0.3 is 14.5 Å². The number of fused-ring (bicyclic) bond motifs is 1. The van der Waals surface area contributed by atoms with E-state index in [1.54, 1.807) is 7.11 Å². The average molecular weight is 414 g/mol. The lowest BCUT2D eigenvalue weighted by Crippen LogP contribution is -2.53. The molecule has 3 saturated heterocycles. The van der Waals surface area contributed by atoms with Crippen molar-refractivity contribution < 1.29 is 14.3 Å². The Balaban J connectivity index is 1.48. The highest BCUT2D eigenvalue weighted by molar-refractivity contribution is 5.87. The first-order chi connectivity index (χ1) is 14.5. The summed E-state index contributed by atoms with van der Waals surface area (Å²) in [5.74, 6) is 0.543. The number of ether oxygens (including phenoxy) is 1. The third kappa shape index (κ3) is 3.65. The number of carbonyl (C=O) groups is 2. The van der Waals surface area contributed by atoms with Crippen molar-refractivity contribution in [3.63, 3.8) is 0 Å². The minimum Gasteiger partial charge on any atom is -0.383 e. The molecular formula is C24H35N3O3. The Kier molecular flexibility index (Phi) is 6.16. The summed E-state index contributed by atoms with van der Waals surface area (Å²) in [6.45, 7) is 8.59. The molecule has 1 aromatic rings. The van der Waals surface area contributed by atoms with Gasteiger partial charge in [-0.05, 0) is 31.7 Å². The van der Waals surface area contributed by atoms with Crippen LogP contribution in [0.5, 0.6) is 0 Å². The Morgan fingerprint density at radius 1 is 1.07 bits per heavy atom. The highest BCUT2D eigenvalue weighted by atomic mass is 16.5. The van der Waals surface area contributed by atoms with Gasteiger partial charge in [0.1, 0.15) is 0 Å². The van der Waals surface area contributed by atoms with Crippen molar-refractivity contribution in [1.29, 1.82) is 0 Å². The fraction of sp³-hybridized carbons (Fsp3) is 0.667. The van der Waals surface area contributed by atoms with Gasteiger partial charge >= 0.3 is 0 Å². The van der Waals surface area contributed by atoms with Crippen LogP contribution in [0.1, 0.15) is 31.7 Å². The molecule has 1 atom stereocenters. The van der Waals surface area contributed by atoms with Gasteiger partial charge in [-0.3, -0.25) is 14.5 Å². The van der Waals surface area contributed by atoms with E-state index in [4.69, 9.17) is 4.74 Å². The number of piperidine rings is 1. The predicted octanol–water partition coefficient (Wildman–Crippen LogP) is 2.04. The van der Waals surface area contributed by atoms with Crippen LogP contribution in [0.15, 0.2) is 30.3 Å². The van der Waals surface area contributed by atoms with Crippen molar-refractivity contribution in [2.45, 2.75) is 32.6 Å². The second-order valence-corrected chi connectivity index (χ2v) is 9.24. The lowest BCUT2D eigenvalue weighted by atomic mass is 9.60. The summed E-state index contributed by atoms with van der Waals surface area (Å²) in [5, 5.41) is 0. The van der Waals surface area contributed by atoms with Crippen LogP contribution < -0.4 is 0 Å². The van der Waals surface area contributed by atoms with Crippen LogP contribution in [0.4, 0.5) is 0 Å². The molecular weight excluding hydrogens is 378 g/mol. The maximum atomic E-state index is 13.5. The van der Waals surface area contributed by atoms with Gasteiger partial charge in [0.2, 0.25) is 11.8 Å². The third-order valence-corrected chi connectivity index (χ3v) is 7.80. The fourth-order valence-electron chi connectivity index (χ4n) is 6.04. The first-order valence-electron chi connectivity index (χ1n) is 11.4. The van der Waals surface area contributed by atoms with Crippen molar-refractivity contribution in [2.24, 2.45) is 10.8 Å². The molecule has 30 heavy (non-hydrogen) atoms. The normalized spacial score (nSPS) is 26.3. The van der Waals surface area contributed by atoms with Crippen molar-refractivity contribution in [1.82, 2.24) is 14.7 Å². The largest absolute Gasteiger partial charge is 0.383 e. The summed E-state index contributed by atoms with van der Waals surface area (Å²) < 4.78 is 5.31. The topological polar surface area (TPSA) is 53.1 Å². The maximum absolute atomic E-state index is 13.5. The zero-order valence-electron chi connectivity index (χ0n) is 18.4. The fourth-order valence-corrected chi connectivity index (χ4v) is 6.04. The number of amides is 2. The Morgan fingerprint density at radius 3 is 2.43 bits per heavy atom. The molecule has 0 bridgehead atoms. The molecule has 0 aliphatic carbocycles. The molecule has 3 fully saturated rings. The molecule has 1 unspecified atom stereocenters. The van der Waals surface area contributed by atoms with E-state index < -0.39 is 0 Å². The molecule has 2 amide bonds. The van der Waals surface area contributed by atoms with Crippen molar-refractivity contribution >= 4 is 11.8 Å². The Hall–Kier alpha value is -1.92. The number of likely N-dealkylation sites (tertiary alicyclic amines) is 3. The first kappa shape index (κ1) is 21.3. The summed E-state index contributed by atoms with van der Waals surface area (Å²) in [7, 11) is 1.73. The zero-order valence-corrected chi connectivity index (χ0v) is 18.4. The minimum absolute atomic E-state index is 0.0225. The van der Waals surface area contributed by atoms with E-state index in [1.165, 1.54) is 0 Å². The van der Waals surface area contributed by atoms with Gasteiger partial charge in [0.25, 0.3) is 0 Å². The number of benzene rings is 1. The van der Waals surface area contributed by atoms with Gasteiger partial charge in [-0.1, -0.05) is 30.3 Å². The summed E-state index contributed by atoms with van der Waals surface area (Å²) in [4.78, 5) is 32.9. The van der Waals surface area contributed by atoms with Crippen LogP contribution in [0.25, 0.3) is 0 Å². The van der Waals surface area contributed by atoms with Crippen LogP contribution in [-0.4, -0.2) is 86.0 Å². The van der Waals surface area contributed by atoms with E-state index in [2.05, 4.69) is 11.8 Å². The van der Waals surface area contributed by atoms with Crippen molar-refractivity contribution in [2.75, 3.05) is 59.5 Å². The Labute approximate surface area is 180 Å². The minimum atomic E-state index is -0.286. The van der Waals surface area contributed by atoms with E-state index in [0.717, 1.165) is 70.6 Å². The molecule has 0 N–H and O–H groups in total. The molecule has 6 nitrogen and oxygen atoms in total. The van der Waals surface area contributed by atoms with Crippen LogP contribution in [-0.2, 0) is 20.7 Å². The molecule has 2 spiro atoms. The monoisotopic (exact) mass is 413 g/mol. The summed E-state index contributed by atoms with van der Waals surface area (Å²) in [6.07, 6.45) is 3.24. The Morgan fingerprint density at radius 2 is 1.80 bits per heavy atom. The molecule has 0 radical (unpaired) electrons. The molecule has 164 valence electrons. The van der Waals surface area contributed by atoms with Crippen LogP contribution >= 0.6 is 0 Å². The SMILES string of the molecule is CCN1CCC2(CN(CCOC)CC23CCN(C(=O)Cc2ccccc2)CC3)C1=O. The van der Waals surface area contributed by atoms with Crippen LogP contribution in [0, 0.1) is 10.8 Å². The second kappa shape index (κ2) is 8.67. The van der Waals surface area contributed by atoms with Gasteiger partial charge in [-0.25, -0.2) is 0 Å². The van der Waals surface area contributed by atoms with Gasteiger partial charge in [0.05, 0.1) is 18.4 Å². The van der Waals surface area contributed by atoms with Gasteiger partial charge in [0, 0.05) is 58.3 Å². The zero-order chi connectivity index (χ0) is 21.2. The smallest absolute Gasteiger partial charge is 0.230 e. The molecule has 4 rings (SSSR count). The van der Waals surface area contributed by atoms with Gasteiger partial charge in [-0.2, -0.15) is 0 Å². The van der Waals surface area contributed by atoms with Gasteiger partial charge in [-0.15, -0.1) is 0 Å². The number of carbonyl (C=O) groups excluding carboxylic acids is 2. The molecule has 0 saturated carbocycles. The summed E-state index contributed by atoms with van der Waals surface area (Å²) in [5.41, 5.74) is 0.756. The quantitative estimate of drug-likeness (QED) is 0.716. The van der Waals surface area contributed by atoms with Crippen LogP contribution in [0.2, 0.25) is 0 Å². The number of methoxy groups -OCH3 is 1. The number of nitrogens with zero attached hydrogens (tertiary/aromatic N) is 3. The summed E-state index contributed by atoms with van der Waals surface area (Å²) in [6, 6.07) is 9.97. The molecule has 1 aromatic carbocycles. The van der Waals surface area contributed by atoms with Gasteiger partial charge in [0.15, 0.2) is 0 Å². The van der Waals surface area contributed by atoms with Crippen LogP contribution in [0.3, 0.4) is 0 Å². The molecule has 0 aromatic heterocycles. The third-order valence-electron chi connectivity index (χ3n) is 7.80. The highest BCUT2D eigenvalue weighted by Gasteiger charge is 2.64. The van der Waals surface area contributed by atoms with E-state index in [9.17, 15) is 9.59 Å². The maximum Gasteiger partial charge on any atom is 0.230 e. The molecule has 3 aliphatic rings. The van der Waals surface area contributed by atoms with E-state index in [1.807, 2.05) is 40.1 Å². The lowest BCUT2D eigenvalue weighted by molar-refractivity contribution is -0.143.